The number of hydrogen-bond acceptors (Lipinski definition) is 5. The van der Waals surface area contributed by atoms with E-state index >= 15 is 0 Å². The van der Waals surface area contributed by atoms with Crippen molar-refractivity contribution in [3.63, 3.8) is 0 Å². The van der Waals surface area contributed by atoms with Gasteiger partial charge in [0.1, 0.15) is 5.75 Å². The number of imide groups is 1. The van der Waals surface area contributed by atoms with Gasteiger partial charge in [-0.25, -0.2) is 0 Å². The van der Waals surface area contributed by atoms with Crippen molar-refractivity contribution in [3.8, 4) is 5.75 Å². The maximum Gasteiger partial charge on any atom is 0.233 e. The fourth-order valence-corrected chi connectivity index (χ4v) is 6.52. The summed E-state index contributed by atoms with van der Waals surface area (Å²) in [7, 11) is 1.60. The van der Waals surface area contributed by atoms with Crippen molar-refractivity contribution in [2.75, 3.05) is 13.7 Å². The van der Waals surface area contributed by atoms with E-state index in [0.29, 0.717) is 13.0 Å². The van der Waals surface area contributed by atoms with E-state index in [1.807, 2.05) is 48.5 Å². The van der Waals surface area contributed by atoms with Gasteiger partial charge in [-0.3, -0.25) is 19.5 Å². The van der Waals surface area contributed by atoms with Crippen molar-refractivity contribution in [2.45, 2.75) is 32.3 Å². The van der Waals surface area contributed by atoms with Gasteiger partial charge < -0.3 is 9.84 Å². The van der Waals surface area contributed by atoms with Crippen molar-refractivity contribution in [3.05, 3.63) is 83.2 Å². The lowest BCUT2D eigenvalue weighted by Crippen LogP contribution is -2.33. The number of allylic oxidation sites excluding steroid dienone is 2. The van der Waals surface area contributed by atoms with E-state index < -0.39 is 0 Å². The number of phenolic OH excluding ortho intramolecular Hbond substituents is 1. The molecule has 3 heterocycles. The summed E-state index contributed by atoms with van der Waals surface area (Å²) in [4.78, 5) is 31.5. The van der Waals surface area contributed by atoms with E-state index in [-0.39, 0.29) is 41.4 Å². The average Bonchev–Trinajstić information content (AvgIpc) is 3.44. The van der Waals surface area contributed by atoms with Crippen LogP contribution in [0.3, 0.4) is 0 Å². The fourth-order valence-electron chi connectivity index (χ4n) is 6.52. The van der Waals surface area contributed by atoms with Crippen LogP contribution in [0.5, 0.6) is 5.75 Å². The first-order valence-electron chi connectivity index (χ1n) is 12.9. The molecule has 2 fully saturated rings. The van der Waals surface area contributed by atoms with Gasteiger partial charge in [-0.2, -0.15) is 0 Å². The Morgan fingerprint density at radius 1 is 1.05 bits per heavy atom. The highest BCUT2D eigenvalue weighted by atomic mass is 16.5. The molecule has 0 spiro atoms. The SMILES string of the molecule is CC1=C2[C@@H](CC/C(=C/c3ccc(O)c4ccccc34)c3ccccn3)OC[C@@H]2[C@@H]2C(=O)N(C)C(=O)[C@@H]2C1. The molecule has 0 saturated carbocycles. The Kier molecular flexibility index (Phi) is 5.92. The Hall–Kier alpha value is -3.77. The van der Waals surface area contributed by atoms with Crippen LogP contribution < -0.4 is 0 Å². The van der Waals surface area contributed by atoms with E-state index in [4.69, 9.17) is 4.74 Å². The summed E-state index contributed by atoms with van der Waals surface area (Å²) in [6.45, 7) is 2.57. The summed E-state index contributed by atoms with van der Waals surface area (Å²) in [5, 5.41) is 12.1. The third-order valence-electron chi connectivity index (χ3n) is 8.31. The molecule has 1 N–H and O–H groups in total. The number of rotatable bonds is 5. The lowest BCUT2D eigenvalue weighted by molar-refractivity contribution is -0.138. The van der Waals surface area contributed by atoms with Crippen LogP contribution in [-0.4, -0.2) is 46.6 Å². The first-order valence-corrected chi connectivity index (χ1v) is 12.9. The Morgan fingerprint density at radius 3 is 2.62 bits per heavy atom. The van der Waals surface area contributed by atoms with Gasteiger partial charge in [-0.1, -0.05) is 42.0 Å². The number of likely N-dealkylation sites (tertiary alicyclic amines) is 1. The van der Waals surface area contributed by atoms with Crippen LogP contribution >= 0.6 is 0 Å². The van der Waals surface area contributed by atoms with Crippen LogP contribution in [0, 0.1) is 17.8 Å². The molecule has 6 rings (SSSR count). The second kappa shape index (κ2) is 9.27. The number of nitrogens with zero attached hydrogens (tertiary/aromatic N) is 2. The number of ether oxygens (including phenoxy) is 1. The normalized spacial score (nSPS) is 25.7. The third-order valence-corrected chi connectivity index (χ3v) is 8.31. The van der Waals surface area contributed by atoms with Gasteiger partial charge in [0.2, 0.25) is 11.8 Å². The Bertz CT molecular complexity index is 1460. The van der Waals surface area contributed by atoms with Crippen molar-refractivity contribution >= 4 is 34.2 Å². The smallest absolute Gasteiger partial charge is 0.233 e. The number of carbonyl (C=O) groups excluding carboxylic acids is 2. The molecule has 3 aromatic rings. The number of benzene rings is 2. The maximum atomic E-state index is 12.9. The van der Waals surface area contributed by atoms with Crippen LogP contribution in [0.25, 0.3) is 22.4 Å². The van der Waals surface area contributed by atoms with Crippen molar-refractivity contribution in [1.82, 2.24) is 9.88 Å². The molecule has 188 valence electrons. The topological polar surface area (TPSA) is 79.7 Å². The number of aromatic hydroxyl groups is 1. The molecule has 2 aliphatic heterocycles. The zero-order chi connectivity index (χ0) is 25.7. The number of pyridine rings is 1. The fraction of sp³-hybridized carbons (Fsp3) is 0.323. The van der Waals surface area contributed by atoms with E-state index in [2.05, 4.69) is 18.0 Å². The second-order valence-corrected chi connectivity index (χ2v) is 10.4. The zero-order valence-corrected chi connectivity index (χ0v) is 21.1. The third kappa shape index (κ3) is 3.96. The quantitative estimate of drug-likeness (QED) is 0.388. The molecule has 1 aliphatic carbocycles. The molecule has 37 heavy (non-hydrogen) atoms. The molecule has 0 unspecified atom stereocenters. The highest BCUT2D eigenvalue weighted by Gasteiger charge is 2.55. The predicted molar refractivity (Wildman–Crippen MR) is 142 cm³/mol. The Balaban J connectivity index is 1.31. The van der Waals surface area contributed by atoms with Crippen LogP contribution in [0.2, 0.25) is 0 Å². The molecule has 6 heteroatoms. The van der Waals surface area contributed by atoms with Crippen molar-refractivity contribution in [1.29, 1.82) is 0 Å². The summed E-state index contributed by atoms with van der Waals surface area (Å²) >= 11 is 0. The van der Waals surface area contributed by atoms with Gasteiger partial charge >= 0.3 is 0 Å². The van der Waals surface area contributed by atoms with Crippen LogP contribution in [0.15, 0.2) is 71.9 Å². The molecular weight excluding hydrogens is 464 g/mol. The molecule has 0 bridgehead atoms. The Morgan fingerprint density at radius 2 is 1.84 bits per heavy atom. The number of phenols is 1. The van der Waals surface area contributed by atoms with Gasteiger partial charge in [0, 0.05) is 24.5 Å². The first-order chi connectivity index (χ1) is 17.9. The van der Waals surface area contributed by atoms with E-state index in [9.17, 15) is 14.7 Å². The van der Waals surface area contributed by atoms with Gasteiger partial charge in [0.15, 0.2) is 0 Å². The van der Waals surface area contributed by atoms with Crippen LogP contribution in [0.4, 0.5) is 0 Å². The summed E-state index contributed by atoms with van der Waals surface area (Å²) in [6.07, 6.45) is 6.01. The standard InChI is InChI=1S/C31H30N2O4/c1-18-15-23-29(31(36)33(2)30(23)35)24-17-37-27(28(18)24)13-11-20(25-9-5-6-14-32-25)16-19-10-12-26(34)22-8-4-3-7-21(19)22/h3-10,12,14,16,23-24,27,29,34H,11,13,15,17H2,1-2H3/b20-16-/t23-,24+,27-,29-/m1/s1. The molecule has 4 atom stereocenters. The summed E-state index contributed by atoms with van der Waals surface area (Å²) < 4.78 is 6.30. The monoisotopic (exact) mass is 494 g/mol. The summed E-state index contributed by atoms with van der Waals surface area (Å²) in [5.74, 6) is -0.425. The van der Waals surface area contributed by atoms with E-state index in [0.717, 1.165) is 40.4 Å². The summed E-state index contributed by atoms with van der Waals surface area (Å²) in [5.41, 5.74) is 5.42. The average molecular weight is 495 g/mol. The largest absolute Gasteiger partial charge is 0.507 e. The van der Waals surface area contributed by atoms with Crippen molar-refractivity contribution < 1.29 is 19.4 Å². The lowest BCUT2D eigenvalue weighted by Gasteiger charge is -2.30. The molecule has 3 aliphatic rings. The molecule has 6 nitrogen and oxygen atoms in total. The minimum Gasteiger partial charge on any atom is -0.507 e. The predicted octanol–water partition coefficient (Wildman–Crippen LogP) is 5.23. The molecule has 2 aromatic carbocycles. The van der Waals surface area contributed by atoms with Gasteiger partial charge in [-0.05, 0) is 72.6 Å². The van der Waals surface area contributed by atoms with Gasteiger partial charge in [0.25, 0.3) is 0 Å². The van der Waals surface area contributed by atoms with E-state index in [1.54, 1.807) is 19.3 Å². The number of carbonyl (C=O) groups is 2. The number of amides is 2. The highest BCUT2D eigenvalue weighted by Crippen LogP contribution is 2.49. The zero-order valence-electron chi connectivity index (χ0n) is 21.1. The molecule has 2 amide bonds. The number of fused-ring (bicyclic) bond motifs is 4. The van der Waals surface area contributed by atoms with Crippen LogP contribution in [-0.2, 0) is 14.3 Å². The van der Waals surface area contributed by atoms with Gasteiger partial charge in [-0.15, -0.1) is 0 Å². The Labute approximate surface area is 216 Å². The molecule has 1 aromatic heterocycles. The van der Waals surface area contributed by atoms with Crippen LogP contribution in [0.1, 0.15) is 37.4 Å². The second-order valence-electron chi connectivity index (χ2n) is 10.4. The maximum absolute atomic E-state index is 12.9. The number of hydrogen-bond donors (Lipinski definition) is 1. The minimum atomic E-state index is -0.296. The molecule has 0 radical (unpaired) electrons. The minimum absolute atomic E-state index is 0.0199. The summed E-state index contributed by atoms with van der Waals surface area (Å²) in [6, 6.07) is 17.4. The first kappa shape index (κ1) is 23.6. The van der Waals surface area contributed by atoms with Crippen molar-refractivity contribution in [2.24, 2.45) is 17.8 Å². The molecular formula is C31H30N2O4. The highest BCUT2D eigenvalue weighted by molar-refractivity contribution is 6.05. The number of aromatic nitrogens is 1. The van der Waals surface area contributed by atoms with Gasteiger partial charge in [0.05, 0.1) is 30.2 Å². The van der Waals surface area contributed by atoms with E-state index in [1.165, 1.54) is 16.0 Å². The molecule has 2 saturated heterocycles. The lowest BCUT2D eigenvalue weighted by atomic mass is 9.70.